The molecule has 2 rings (SSSR count). The lowest BCUT2D eigenvalue weighted by Crippen LogP contribution is -2.37. The molecule has 0 fully saturated rings. The summed E-state index contributed by atoms with van der Waals surface area (Å²) in [6.45, 7) is 2.20. The van der Waals surface area contributed by atoms with Gasteiger partial charge >= 0.3 is 11.7 Å². The van der Waals surface area contributed by atoms with Crippen molar-refractivity contribution in [2.45, 2.75) is 19.8 Å². The summed E-state index contributed by atoms with van der Waals surface area (Å²) in [6.07, 6.45) is 5.31. The number of nitrogens with zero attached hydrogens (tertiary/aromatic N) is 3. The first-order valence-corrected chi connectivity index (χ1v) is 7.92. The van der Waals surface area contributed by atoms with E-state index in [4.69, 9.17) is 4.74 Å². The van der Waals surface area contributed by atoms with Gasteiger partial charge in [-0.3, -0.25) is 14.3 Å². The normalized spacial score (nSPS) is 11.0. The smallest absolute Gasteiger partial charge is 0.330 e. The molecule has 7 heteroatoms. The summed E-state index contributed by atoms with van der Waals surface area (Å²) in [5.41, 5.74) is 1.27. The van der Waals surface area contributed by atoms with Crippen LogP contribution < -0.4 is 11.2 Å². The summed E-state index contributed by atoms with van der Waals surface area (Å²) in [5, 5.41) is 0. The van der Waals surface area contributed by atoms with Crippen LogP contribution in [0, 0.1) is 6.92 Å². The third-order valence-electron chi connectivity index (χ3n) is 3.64. The second-order valence-corrected chi connectivity index (χ2v) is 5.72. The Balaban J connectivity index is 1.87. The average molecular weight is 343 g/mol. The van der Waals surface area contributed by atoms with E-state index in [0.717, 1.165) is 22.4 Å². The van der Waals surface area contributed by atoms with Gasteiger partial charge in [0.25, 0.3) is 5.56 Å². The molecule has 0 N–H and O–H groups in total. The second-order valence-electron chi connectivity index (χ2n) is 5.72. The molecule has 7 nitrogen and oxygen atoms in total. The van der Waals surface area contributed by atoms with Crippen molar-refractivity contribution in [3.05, 3.63) is 68.3 Å². The highest BCUT2D eigenvalue weighted by Crippen LogP contribution is 2.02. The van der Waals surface area contributed by atoms with Gasteiger partial charge < -0.3 is 9.30 Å². The molecule has 0 unspecified atom stereocenters. The zero-order valence-electron chi connectivity index (χ0n) is 14.6. The molecule has 2 aromatic heterocycles. The molecule has 132 valence electrons. The number of rotatable bonds is 6. The molecule has 0 saturated carbocycles. The summed E-state index contributed by atoms with van der Waals surface area (Å²) in [7, 11) is 2.93. The molecule has 0 aromatic carbocycles. The van der Waals surface area contributed by atoms with Crippen LogP contribution >= 0.6 is 0 Å². The number of pyridine rings is 1. The lowest BCUT2D eigenvalue weighted by atomic mass is 10.2. The Morgan fingerprint density at radius 3 is 2.76 bits per heavy atom. The van der Waals surface area contributed by atoms with Crippen LogP contribution in [0.4, 0.5) is 0 Å². The zero-order chi connectivity index (χ0) is 18.4. The molecule has 25 heavy (non-hydrogen) atoms. The molecular weight excluding hydrogens is 322 g/mol. The van der Waals surface area contributed by atoms with Crippen LogP contribution in [0.5, 0.6) is 0 Å². The van der Waals surface area contributed by atoms with Gasteiger partial charge in [-0.05, 0) is 38.0 Å². The third-order valence-corrected chi connectivity index (χ3v) is 3.64. The summed E-state index contributed by atoms with van der Waals surface area (Å²) < 4.78 is 7.37. The van der Waals surface area contributed by atoms with Crippen molar-refractivity contribution in [3.8, 4) is 0 Å². The fourth-order valence-electron chi connectivity index (χ4n) is 2.32. The summed E-state index contributed by atoms with van der Waals surface area (Å²) >= 11 is 0. The first-order chi connectivity index (χ1) is 11.9. The van der Waals surface area contributed by atoms with E-state index in [2.05, 4.69) is 4.98 Å². The van der Waals surface area contributed by atoms with E-state index < -0.39 is 17.2 Å². The highest BCUT2D eigenvalue weighted by molar-refractivity contribution is 5.86. The molecule has 0 saturated heterocycles. The lowest BCUT2D eigenvalue weighted by molar-refractivity contribution is -0.137. The average Bonchev–Trinajstić information content (AvgIpc) is 2.59. The Kier molecular flexibility index (Phi) is 6.05. The lowest BCUT2D eigenvalue weighted by Gasteiger charge is -2.04. The van der Waals surface area contributed by atoms with Crippen molar-refractivity contribution < 1.29 is 9.53 Å². The van der Waals surface area contributed by atoms with Gasteiger partial charge in [-0.2, -0.15) is 0 Å². The highest BCUT2D eigenvalue weighted by atomic mass is 16.5. The number of carbonyl (C=O) groups excluding carboxylic acids is 1. The Bertz CT molecular complexity index is 909. The Labute approximate surface area is 145 Å². The molecule has 2 heterocycles. The number of aryl methyl sites for hydroxylation is 3. The van der Waals surface area contributed by atoms with Crippen LogP contribution in [0.25, 0.3) is 6.08 Å². The second kappa shape index (κ2) is 8.23. The van der Waals surface area contributed by atoms with Crippen LogP contribution in [-0.4, -0.2) is 26.7 Å². The van der Waals surface area contributed by atoms with E-state index >= 15 is 0 Å². The number of aromatic nitrogens is 3. The minimum atomic E-state index is -0.534. The summed E-state index contributed by atoms with van der Waals surface area (Å²) in [4.78, 5) is 39.6. The van der Waals surface area contributed by atoms with E-state index in [1.807, 2.05) is 25.1 Å². The molecule has 0 amide bonds. The molecule has 0 aliphatic heterocycles. The minimum Gasteiger partial charge on any atom is -0.463 e. The van der Waals surface area contributed by atoms with E-state index in [1.165, 1.54) is 37.0 Å². The standard InChI is InChI=1S/C18H21N3O4/c1-13-6-4-7-15(19-13)8-5-11-25-16(22)10-9-14-12-20(2)18(24)21(3)17(14)23/h4,6-7,9-10,12H,5,8,11H2,1-3H3/b10-9+. The predicted molar refractivity (Wildman–Crippen MR) is 94.2 cm³/mol. The number of hydrogen-bond donors (Lipinski definition) is 0. The van der Waals surface area contributed by atoms with Gasteiger partial charge in [0.15, 0.2) is 0 Å². The summed E-state index contributed by atoms with van der Waals surface area (Å²) in [5.74, 6) is -0.534. The fourth-order valence-corrected chi connectivity index (χ4v) is 2.32. The maximum Gasteiger partial charge on any atom is 0.330 e. The third kappa shape index (κ3) is 5.00. The Morgan fingerprint density at radius 1 is 1.28 bits per heavy atom. The van der Waals surface area contributed by atoms with Crippen molar-refractivity contribution in [1.29, 1.82) is 0 Å². The van der Waals surface area contributed by atoms with E-state index in [9.17, 15) is 14.4 Å². The highest BCUT2D eigenvalue weighted by Gasteiger charge is 2.05. The van der Waals surface area contributed by atoms with Crippen molar-refractivity contribution in [3.63, 3.8) is 0 Å². The SMILES string of the molecule is Cc1cccc(CCCOC(=O)/C=C/c2cn(C)c(=O)n(C)c2=O)n1. The van der Waals surface area contributed by atoms with Gasteiger partial charge in [0, 0.05) is 37.8 Å². The monoisotopic (exact) mass is 343 g/mol. The predicted octanol–water partition coefficient (Wildman–Crippen LogP) is 0.977. The van der Waals surface area contributed by atoms with Gasteiger partial charge in [-0.1, -0.05) is 6.07 Å². The van der Waals surface area contributed by atoms with Gasteiger partial charge in [-0.25, -0.2) is 9.59 Å². The van der Waals surface area contributed by atoms with Crippen molar-refractivity contribution in [2.75, 3.05) is 6.61 Å². The van der Waals surface area contributed by atoms with Gasteiger partial charge in [0.05, 0.1) is 12.2 Å². The number of carbonyl (C=O) groups is 1. The van der Waals surface area contributed by atoms with Crippen LogP contribution in [0.1, 0.15) is 23.4 Å². The van der Waals surface area contributed by atoms with Crippen LogP contribution in [0.15, 0.2) is 40.1 Å². The van der Waals surface area contributed by atoms with Crippen LogP contribution in [-0.2, 0) is 30.0 Å². The number of hydrogen-bond acceptors (Lipinski definition) is 5. The van der Waals surface area contributed by atoms with Crippen molar-refractivity contribution in [1.82, 2.24) is 14.1 Å². The van der Waals surface area contributed by atoms with Gasteiger partial charge in [0.1, 0.15) is 0 Å². The maximum absolute atomic E-state index is 11.9. The molecule has 2 aromatic rings. The quantitative estimate of drug-likeness (QED) is 0.443. The molecule has 0 aliphatic carbocycles. The zero-order valence-corrected chi connectivity index (χ0v) is 14.6. The molecule has 0 aliphatic rings. The van der Waals surface area contributed by atoms with E-state index in [0.29, 0.717) is 6.42 Å². The molecule has 0 bridgehead atoms. The fraction of sp³-hybridized carbons (Fsp3) is 0.333. The first kappa shape index (κ1) is 18.4. The van der Waals surface area contributed by atoms with Gasteiger partial charge in [-0.15, -0.1) is 0 Å². The molecule has 0 atom stereocenters. The Hall–Kier alpha value is -2.96. The number of ether oxygens (including phenoxy) is 1. The van der Waals surface area contributed by atoms with Crippen LogP contribution in [0.2, 0.25) is 0 Å². The minimum absolute atomic E-state index is 0.241. The number of esters is 1. The van der Waals surface area contributed by atoms with E-state index in [1.54, 1.807) is 0 Å². The van der Waals surface area contributed by atoms with Crippen molar-refractivity contribution >= 4 is 12.0 Å². The molecule has 0 spiro atoms. The summed E-state index contributed by atoms with van der Waals surface area (Å²) in [6, 6.07) is 5.81. The maximum atomic E-state index is 11.9. The Morgan fingerprint density at radius 2 is 2.04 bits per heavy atom. The largest absolute Gasteiger partial charge is 0.463 e. The first-order valence-electron chi connectivity index (χ1n) is 7.92. The van der Waals surface area contributed by atoms with E-state index in [-0.39, 0.29) is 12.2 Å². The molecular formula is C18H21N3O4. The van der Waals surface area contributed by atoms with Crippen molar-refractivity contribution in [2.24, 2.45) is 14.1 Å². The topological polar surface area (TPSA) is 83.2 Å². The molecule has 0 radical (unpaired) electrons. The van der Waals surface area contributed by atoms with Gasteiger partial charge in [0.2, 0.25) is 0 Å². The van der Waals surface area contributed by atoms with Crippen LogP contribution in [0.3, 0.4) is 0 Å².